The monoisotopic (exact) mass is 336 g/mol. The zero-order valence-corrected chi connectivity index (χ0v) is 13.7. The Morgan fingerprint density at radius 1 is 0.958 bits per heavy atom. The summed E-state index contributed by atoms with van der Waals surface area (Å²) in [5.74, 6) is -4.62. The molecule has 0 atom stereocenters. The lowest BCUT2D eigenvalue weighted by Crippen LogP contribution is -2.24. The molecule has 3 nitrogen and oxygen atoms in total. The molecule has 0 spiro atoms. The van der Waals surface area contributed by atoms with Gasteiger partial charge in [-0.3, -0.25) is 4.79 Å². The van der Waals surface area contributed by atoms with Gasteiger partial charge in [-0.1, -0.05) is 39.0 Å². The van der Waals surface area contributed by atoms with Crippen LogP contribution in [0, 0.1) is 17.5 Å². The topological polar surface area (TPSA) is 41.1 Å². The molecule has 6 heteroatoms. The van der Waals surface area contributed by atoms with Crippen LogP contribution < -0.4 is 10.6 Å². The van der Waals surface area contributed by atoms with Crippen LogP contribution in [0.1, 0.15) is 26.3 Å². The third-order valence-corrected chi connectivity index (χ3v) is 3.48. The number of carbonyl (C=O) groups is 1. The van der Waals surface area contributed by atoms with Crippen molar-refractivity contribution in [1.82, 2.24) is 0 Å². The molecule has 0 bridgehead atoms. The summed E-state index contributed by atoms with van der Waals surface area (Å²) >= 11 is 0. The van der Waals surface area contributed by atoms with Gasteiger partial charge in [-0.25, -0.2) is 13.2 Å². The van der Waals surface area contributed by atoms with Gasteiger partial charge in [0.05, 0.1) is 12.2 Å². The molecule has 0 aliphatic rings. The molecule has 0 fully saturated rings. The number of anilines is 2. The van der Waals surface area contributed by atoms with Crippen molar-refractivity contribution in [3.05, 3.63) is 59.4 Å². The number of benzene rings is 2. The average molecular weight is 336 g/mol. The number of carbonyl (C=O) groups excluding carboxylic acids is 1. The van der Waals surface area contributed by atoms with Crippen molar-refractivity contribution in [1.29, 1.82) is 0 Å². The predicted octanol–water partition coefficient (Wildman–Crippen LogP) is 4.45. The van der Waals surface area contributed by atoms with Crippen LogP contribution in [-0.2, 0) is 10.2 Å². The molecule has 0 aliphatic carbocycles. The molecular weight excluding hydrogens is 317 g/mol. The Hall–Kier alpha value is -2.50. The normalized spacial score (nSPS) is 11.2. The number of hydrogen-bond acceptors (Lipinski definition) is 2. The van der Waals surface area contributed by atoms with Gasteiger partial charge in [0.1, 0.15) is 0 Å². The number of nitrogens with one attached hydrogen (secondary N) is 2. The van der Waals surface area contributed by atoms with Gasteiger partial charge in [0.15, 0.2) is 17.5 Å². The van der Waals surface area contributed by atoms with Gasteiger partial charge < -0.3 is 10.6 Å². The zero-order chi connectivity index (χ0) is 17.9. The second-order valence-electron chi connectivity index (χ2n) is 6.42. The smallest absolute Gasteiger partial charge is 0.243 e. The molecule has 2 rings (SSSR count). The van der Waals surface area contributed by atoms with Crippen molar-refractivity contribution < 1.29 is 18.0 Å². The molecule has 1 amide bonds. The van der Waals surface area contributed by atoms with Gasteiger partial charge in [0.2, 0.25) is 5.91 Å². The van der Waals surface area contributed by atoms with E-state index in [-0.39, 0.29) is 17.6 Å². The van der Waals surface area contributed by atoms with Crippen LogP contribution in [0.5, 0.6) is 0 Å². The second-order valence-corrected chi connectivity index (χ2v) is 6.42. The van der Waals surface area contributed by atoms with E-state index in [0.717, 1.165) is 17.7 Å². The molecule has 0 unspecified atom stereocenters. The minimum atomic E-state index is -1.57. The van der Waals surface area contributed by atoms with Crippen molar-refractivity contribution in [3.8, 4) is 0 Å². The fourth-order valence-electron chi connectivity index (χ4n) is 2.28. The van der Waals surface area contributed by atoms with Gasteiger partial charge in [-0.15, -0.1) is 0 Å². The van der Waals surface area contributed by atoms with E-state index in [1.165, 1.54) is 0 Å². The first-order chi connectivity index (χ1) is 11.2. The van der Waals surface area contributed by atoms with E-state index in [9.17, 15) is 18.0 Å². The maximum Gasteiger partial charge on any atom is 0.243 e. The lowest BCUT2D eigenvalue weighted by Gasteiger charge is -2.23. The third-order valence-electron chi connectivity index (χ3n) is 3.48. The van der Waals surface area contributed by atoms with Crippen molar-refractivity contribution in [2.45, 2.75) is 26.2 Å². The van der Waals surface area contributed by atoms with Crippen LogP contribution in [0.4, 0.5) is 24.5 Å². The first kappa shape index (κ1) is 17.8. The molecule has 0 radical (unpaired) electrons. The molecule has 2 aromatic rings. The van der Waals surface area contributed by atoms with Gasteiger partial charge in [0, 0.05) is 5.69 Å². The highest BCUT2D eigenvalue weighted by Gasteiger charge is 2.19. The van der Waals surface area contributed by atoms with Crippen LogP contribution in [0.25, 0.3) is 0 Å². The minimum absolute atomic E-state index is 0.163. The van der Waals surface area contributed by atoms with Crippen LogP contribution in [0.2, 0.25) is 0 Å². The molecule has 0 saturated heterocycles. The standard InChI is InChI=1S/C18H19F3N2O/c1-18(2,3)11-6-4-5-7-13(11)23-15(24)10-22-14-9-8-12(19)16(20)17(14)21/h4-9,22H,10H2,1-3H3,(H,23,24). The maximum atomic E-state index is 13.6. The number of halogens is 3. The molecule has 0 aliphatic heterocycles. The van der Waals surface area contributed by atoms with E-state index >= 15 is 0 Å². The molecule has 2 aromatic carbocycles. The molecule has 0 heterocycles. The summed E-state index contributed by atoms with van der Waals surface area (Å²) in [7, 11) is 0. The minimum Gasteiger partial charge on any atom is -0.374 e. The first-order valence-electron chi connectivity index (χ1n) is 7.47. The average Bonchev–Trinajstić information content (AvgIpc) is 2.51. The van der Waals surface area contributed by atoms with Gasteiger partial charge in [-0.05, 0) is 29.2 Å². The van der Waals surface area contributed by atoms with E-state index in [1.807, 2.05) is 32.9 Å². The zero-order valence-electron chi connectivity index (χ0n) is 13.7. The lowest BCUT2D eigenvalue weighted by molar-refractivity contribution is -0.114. The number of rotatable bonds is 4. The summed E-state index contributed by atoms with van der Waals surface area (Å²) in [4.78, 5) is 12.1. The predicted molar refractivity (Wildman–Crippen MR) is 88.6 cm³/mol. The van der Waals surface area contributed by atoms with Gasteiger partial charge >= 0.3 is 0 Å². The lowest BCUT2D eigenvalue weighted by atomic mass is 9.86. The van der Waals surface area contributed by atoms with Crippen LogP contribution in [0.15, 0.2) is 36.4 Å². The van der Waals surface area contributed by atoms with Crippen LogP contribution in [0.3, 0.4) is 0 Å². The molecule has 0 aromatic heterocycles. The number of amides is 1. The van der Waals surface area contributed by atoms with E-state index in [4.69, 9.17) is 0 Å². The Morgan fingerprint density at radius 2 is 1.62 bits per heavy atom. The van der Waals surface area contributed by atoms with Gasteiger partial charge in [0.25, 0.3) is 0 Å². The summed E-state index contributed by atoms with van der Waals surface area (Å²) in [6, 6.07) is 9.21. The number of para-hydroxylation sites is 1. The van der Waals surface area contributed by atoms with E-state index in [0.29, 0.717) is 5.69 Å². The van der Waals surface area contributed by atoms with Gasteiger partial charge in [-0.2, -0.15) is 0 Å². The largest absolute Gasteiger partial charge is 0.374 e. The number of hydrogen-bond donors (Lipinski definition) is 2. The Bertz CT molecular complexity index is 754. The Morgan fingerprint density at radius 3 is 2.29 bits per heavy atom. The van der Waals surface area contributed by atoms with Crippen LogP contribution in [-0.4, -0.2) is 12.5 Å². The highest BCUT2D eigenvalue weighted by molar-refractivity contribution is 5.94. The van der Waals surface area contributed by atoms with E-state index in [1.54, 1.807) is 12.1 Å². The maximum absolute atomic E-state index is 13.6. The van der Waals surface area contributed by atoms with Crippen molar-refractivity contribution >= 4 is 17.3 Å². The molecule has 24 heavy (non-hydrogen) atoms. The third kappa shape index (κ3) is 4.07. The Balaban J connectivity index is 2.07. The van der Waals surface area contributed by atoms with E-state index < -0.39 is 23.4 Å². The summed E-state index contributed by atoms with van der Waals surface area (Å²) < 4.78 is 39.6. The Kier molecular flexibility index (Phi) is 5.17. The quantitative estimate of drug-likeness (QED) is 0.810. The van der Waals surface area contributed by atoms with Crippen molar-refractivity contribution in [2.24, 2.45) is 0 Å². The fourth-order valence-corrected chi connectivity index (χ4v) is 2.28. The summed E-state index contributed by atoms with van der Waals surface area (Å²) in [5.41, 5.74) is 1.18. The highest BCUT2D eigenvalue weighted by atomic mass is 19.2. The highest BCUT2D eigenvalue weighted by Crippen LogP contribution is 2.29. The van der Waals surface area contributed by atoms with Crippen LogP contribution >= 0.6 is 0 Å². The molecule has 0 saturated carbocycles. The first-order valence-corrected chi connectivity index (χ1v) is 7.47. The van der Waals surface area contributed by atoms with E-state index in [2.05, 4.69) is 10.6 Å². The van der Waals surface area contributed by atoms with Crippen molar-refractivity contribution in [3.63, 3.8) is 0 Å². The SMILES string of the molecule is CC(C)(C)c1ccccc1NC(=O)CNc1ccc(F)c(F)c1F. The molecule has 128 valence electrons. The summed E-state index contributed by atoms with van der Waals surface area (Å²) in [6.07, 6.45) is 0. The summed E-state index contributed by atoms with van der Waals surface area (Å²) in [5, 5.41) is 5.21. The molecule has 2 N–H and O–H groups in total. The fraction of sp³-hybridized carbons (Fsp3) is 0.278. The Labute approximate surface area is 138 Å². The summed E-state index contributed by atoms with van der Waals surface area (Å²) in [6.45, 7) is 5.78. The second kappa shape index (κ2) is 6.95. The molecular formula is C18H19F3N2O. The van der Waals surface area contributed by atoms with Crippen molar-refractivity contribution in [2.75, 3.05) is 17.2 Å².